The summed E-state index contributed by atoms with van der Waals surface area (Å²) in [5, 5.41) is 51.4. The molecule has 0 radical (unpaired) electrons. The van der Waals surface area contributed by atoms with Crippen molar-refractivity contribution in [2.45, 2.75) is 198 Å². The van der Waals surface area contributed by atoms with Gasteiger partial charge in [0.25, 0.3) is 0 Å². The number of nitrogens with one attached hydrogen (secondary N) is 2. The number of Topliss-reactive ketones (excluding diaryl/α,β-unsaturated/α-hetero) is 1. The van der Waals surface area contributed by atoms with E-state index in [9.17, 15) is 44.4 Å². The topological polar surface area (TPSA) is 291 Å². The second kappa shape index (κ2) is 28.4. The van der Waals surface area contributed by atoms with E-state index >= 15 is 0 Å². The monoisotopic (exact) mass is 1180 g/mol. The molecule has 18 atom stereocenters. The number of carboxylic acids is 1. The van der Waals surface area contributed by atoms with Gasteiger partial charge in [0.1, 0.15) is 34.8 Å². The summed E-state index contributed by atoms with van der Waals surface area (Å²) in [7, 11) is 6.68. The molecule has 3 saturated heterocycles. The number of ketones is 1. The van der Waals surface area contributed by atoms with Crippen molar-refractivity contribution in [3.8, 4) is 0 Å². The minimum Gasteiger partial charge on any atom is -0.477 e. The number of benzene rings is 1. The largest absolute Gasteiger partial charge is 0.477 e. The Bertz CT molecular complexity index is 2570. The maximum Gasteiger partial charge on any atom is 0.407 e. The summed E-state index contributed by atoms with van der Waals surface area (Å²) < 4.78 is 64.2. The van der Waals surface area contributed by atoms with E-state index in [2.05, 4.69) is 10.6 Å². The van der Waals surface area contributed by atoms with Crippen LogP contribution in [0.1, 0.15) is 124 Å². The summed E-state index contributed by atoms with van der Waals surface area (Å²) in [5.41, 5.74) is -4.41. The van der Waals surface area contributed by atoms with E-state index in [1.54, 1.807) is 53.7 Å². The minimum atomic E-state index is -2.04. The first-order valence-electron chi connectivity index (χ1n) is 28.7. The summed E-state index contributed by atoms with van der Waals surface area (Å²) in [6.07, 6.45) is -7.46. The highest BCUT2D eigenvalue weighted by molar-refractivity contribution is 6.34. The fraction of sp³-hybridized carbons (Fsp3) is 0.776. The van der Waals surface area contributed by atoms with Crippen LogP contribution in [-0.4, -0.2) is 206 Å². The third kappa shape index (κ3) is 15.5. The van der Waals surface area contributed by atoms with Crippen molar-refractivity contribution < 1.29 is 87.0 Å². The van der Waals surface area contributed by atoms with Crippen molar-refractivity contribution in [3.05, 3.63) is 39.1 Å². The smallest absolute Gasteiger partial charge is 0.407 e. The molecule has 24 heteroatoms. The number of cyclic esters (lactones) is 1. The summed E-state index contributed by atoms with van der Waals surface area (Å²) in [4.78, 5) is 68.9. The van der Waals surface area contributed by atoms with Crippen molar-refractivity contribution in [1.29, 1.82) is 0 Å². The minimum absolute atomic E-state index is 0.00124. The van der Waals surface area contributed by atoms with E-state index in [1.165, 1.54) is 34.3 Å². The number of carbonyl (C=O) groups excluding carboxylic acids is 3. The van der Waals surface area contributed by atoms with Crippen LogP contribution in [0.2, 0.25) is 5.02 Å². The number of nitrogens with zero attached hydrogens (tertiary/aromatic N) is 2. The normalized spacial score (nSPS) is 36.2. The Kier molecular flexibility index (Phi) is 23.2. The molecular formula is C58H91ClN4O19. The van der Waals surface area contributed by atoms with Crippen molar-refractivity contribution in [3.63, 3.8) is 0 Å². The van der Waals surface area contributed by atoms with Crippen LogP contribution in [0.4, 0.5) is 10.5 Å². The number of aromatic nitrogens is 1. The number of hydrogen-bond acceptors (Lipinski definition) is 20. The number of alkyl carbamates (subject to hydrolysis) is 1. The van der Waals surface area contributed by atoms with Crippen LogP contribution in [-0.2, 0) is 57.0 Å². The van der Waals surface area contributed by atoms with Gasteiger partial charge in [-0.15, -0.1) is 0 Å². The Morgan fingerprint density at radius 2 is 1.50 bits per heavy atom. The molecule has 1 amide bonds. The number of rotatable bonds is 21. The van der Waals surface area contributed by atoms with Gasteiger partial charge < -0.3 is 87.9 Å². The van der Waals surface area contributed by atoms with Crippen LogP contribution < -0.4 is 16.1 Å². The number of hydrogen-bond donors (Lipinski definition) is 6. The third-order valence-corrected chi connectivity index (χ3v) is 17.5. The van der Waals surface area contributed by atoms with Gasteiger partial charge in [0.15, 0.2) is 18.7 Å². The number of fused-ring (bicyclic) bond motifs is 1. The van der Waals surface area contributed by atoms with Gasteiger partial charge >= 0.3 is 18.0 Å². The second-order valence-electron chi connectivity index (χ2n) is 23.8. The summed E-state index contributed by atoms with van der Waals surface area (Å²) in [6, 6.07) is 3.03. The summed E-state index contributed by atoms with van der Waals surface area (Å²) in [5.74, 6) is -6.19. The van der Waals surface area contributed by atoms with E-state index in [0.29, 0.717) is 29.2 Å². The zero-order chi connectivity index (χ0) is 60.8. The number of aromatic carboxylic acids is 1. The molecule has 4 fully saturated rings. The van der Waals surface area contributed by atoms with Gasteiger partial charge in [0.05, 0.1) is 84.7 Å². The highest BCUT2D eigenvalue weighted by Crippen LogP contribution is 2.43. The number of anilines is 1. The second-order valence-corrected chi connectivity index (χ2v) is 24.2. The Hall–Kier alpha value is -4.08. The number of pyridine rings is 1. The van der Waals surface area contributed by atoms with Crippen LogP contribution in [0, 0.1) is 23.7 Å². The molecule has 4 aliphatic rings. The summed E-state index contributed by atoms with van der Waals surface area (Å²) >= 11 is 6.57. The Morgan fingerprint density at radius 3 is 2.10 bits per heavy atom. The van der Waals surface area contributed by atoms with Gasteiger partial charge in [-0.25, -0.2) is 9.59 Å². The average molecular weight is 1180 g/mol. The number of aliphatic hydroxyl groups is 3. The summed E-state index contributed by atoms with van der Waals surface area (Å²) in [6.45, 7) is 18.1. The number of methoxy groups -OCH3 is 2. The Labute approximate surface area is 486 Å². The third-order valence-electron chi connectivity index (χ3n) is 17.2. The molecular weight excluding hydrogens is 1090 g/mol. The van der Waals surface area contributed by atoms with Gasteiger partial charge in [0.2, 0.25) is 5.43 Å². The number of likely N-dealkylation sites (N-methyl/N-ethyl adjacent to an activating group) is 1. The van der Waals surface area contributed by atoms with E-state index in [-0.39, 0.29) is 87.2 Å². The number of carboxylic acid groups (broad SMARTS) is 1. The SMILES string of the molecule is CC[C@H]1OC(=O)[C@H](C)[C@@H](OC2C[C@@](C)(OC)[C@@H](OC(=O)NCCOCCOCCNc3cc4c(=O)c(C(=O)O)cn(C5CC5)c4cc3Cl)[C@H](C)O2)[C@H](C)[C@@H](OC2O[C@H](C)C[C@H](N(C)C)[C@H]2O)[C@](C)(OC)C[C@@H](C)C(=O)[C@H](C)[C@@H](O)[C@]1(C)O. The van der Waals surface area contributed by atoms with Crippen LogP contribution in [0.5, 0.6) is 0 Å². The Morgan fingerprint density at radius 1 is 0.866 bits per heavy atom. The number of carbonyl (C=O) groups is 4. The first-order chi connectivity index (χ1) is 38.5. The molecule has 1 aromatic heterocycles. The molecule has 23 nitrogen and oxygen atoms in total. The highest BCUT2D eigenvalue weighted by Gasteiger charge is 2.55. The molecule has 0 bridgehead atoms. The van der Waals surface area contributed by atoms with Crippen LogP contribution in [0.15, 0.2) is 23.1 Å². The quantitative estimate of drug-likeness (QED) is 0.0681. The molecule has 3 aliphatic heterocycles. The molecule has 2 unspecified atom stereocenters. The molecule has 2 aromatic rings. The standard InChI is InChI=1S/C58H91ClN4O19/c1-15-43-58(10,72)49(67)32(4)45(64)30(2)27-56(8,73-13)50(81-54-47(66)42(62(11)12)24-31(3)77-54)33(5)48(34(6)53(70)79-43)80-44-28-57(9,74-14)51(35(7)78-44)82-55(71)61-19-21-76-23-22-75-20-18-60-40-25-37-41(26-39(40)59)63(36-16-17-36)29-38(46(37)65)52(68)69/h25-26,29-36,42-44,47-51,54,60,66-67,72H,15-24,27-28H2,1-14H3,(H,61,71)(H,68,69)/t30-,31-,32+,33+,34-,35+,42+,43-,44?,47-,48+,49-,50-,51+,54?,56-,57-,58-/m1/s1. The lowest BCUT2D eigenvalue weighted by Gasteiger charge is -2.50. The molecule has 82 heavy (non-hydrogen) atoms. The molecule has 1 aliphatic carbocycles. The van der Waals surface area contributed by atoms with Gasteiger partial charge in [-0.3, -0.25) is 14.4 Å². The molecule has 1 saturated carbocycles. The van der Waals surface area contributed by atoms with Gasteiger partial charge in [-0.1, -0.05) is 39.3 Å². The fourth-order valence-corrected chi connectivity index (χ4v) is 12.3. The predicted molar refractivity (Wildman–Crippen MR) is 302 cm³/mol. The predicted octanol–water partition coefficient (Wildman–Crippen LogP) is 5.32. The van der Waals surface area contributed by atoms with Crippen molar-refractivity contribution in [1.82, 2.24) is 14.8 Å². The lowest BCUT2D eigenvalue weighted by atomic mass is 9.74. The fourth-order valence-electron chi connectivity index (χ4n) is 12.1. The molecule has 6 rings (SSSR count). The van der Waals surface area contributed by atoms with Gasteiger partial charge in [-0.05, 0) is 99.9 Å². The number of esters is 1. The van der Waals surface area contributed by atoms with E-state index < -0.39 is 119 Å². The lowest BCUT2D eigenvalue weighted by molar-refractivity contribution is -0.319. The number of amides is 1. The van der Waals surface area contributed by atoms with Crippen LogP contribution in [0.3, 0.4) is 0 Å². The van der Waals surface area contributed by atoms with Crippen molar-refractivity contribution >= 4 is 52.0 Å². The van der Waals surface area contributed by atoms with Crippen LogP contribution in [0.25, 0.3) is 10.9 Å². The first-order valence-corrected chi connectivity index (χ1v) is 29.1. The molecule has 6 N–H and O–H groups in total. The molecule has 1 aromatic carbocycles. The average Bonchev–Trinajstić information content (AvgIpc) is 2.67. The van der Waals surface area contributed by atoms with E-state index in [4.69, 9.17) is 59.0 Å². The number of halogens is 1. The van der Waals surface area contributed by atoms with Crippen LogP contribution >= 0.6 is 11.6 Å². The highest BCUT2D eigenvalue weighted by atomic mass is 35.5. The van der Waals surface area contributed by atoms with Crippen molar-refractivity contribution in [2.24, 2.45) is 23.7 Å². The first kappa shape index (κ1) is 67.1. The number of aliphatic hydroxyl groups excluding tert-OH is 2. The van der Waals surface area contributed by atoms with Gasteiger partial charge in [-0.2, -0.15) is 0 Å². The lowest BCUT2D eigenvalue weighted by Crippen LogP contribution is -2.62. The van der Waals surface area contributed by atoms with Crippen molar-refractivity contribution in [2.75, 3.05) is 73.1 Å². The molecule has 0 spiro atoms. The maximum absolute atomic E-state index is 14.6. The maximum atomic E-state index is 14.6. The van der Waals surface area contributed by atoms with E-state index in [0.717, 1.165) is 12.8 Å². The number of ether oxygens (including phenoxy) is 10. The zero-order valence-electron chi connectivity index (χ0n) is 50.1. The zero-order valence-corrected chi connectivity index (χ0v) is 50.9. The van der Waals surface area contributed by atoms with Gasteiger partial charge in [0, 0.05) is 75.2 Å². The molecule has 464 valence electrons. The molecule has 4 heterocycles. The Balaban J connectivity index is 1.09. The van der Waals surface area contributed by atoms with E-state index in [1.807, 2.05) is 37.4 Å².